The fourth-order valence-electron chi connectivity index (χ4n) is 3.46. The summed E-state index contributed by atoms with van der Waals surface area (Å²) in [5.74, 6) is -0.0272. The minimum atomic E-state index is -4.09. The Morgan fingerprint density at radius 3 is 2.88 bits per heavy atom. The smallest absolute Gasteiger partial charge is 0.386 e. The summed E-state index contributed by atoms with van der Waals surface area (Å²) >= 11 is 6.01. The zero-order chi connectivity index (χ0) is 23.1. The summed E-state index contributed by atoms with van der Waals surface area (Å²) in [5, 5.41) is 21.3. The highest BCUT2D eigenvalue weighted by Gasteiger charge is 2.54. The van der Waals surface area contributed by atoms with Gasteiger partial charge in [0.05, 0.1) is 12.7 Å². The van der Waals surface area contributed by atoms with E-state index in [4.69, 9.17) is 41.4 Å². The molecule has 3 heterocycles. The van der Waals surface area contributed by atoms with Gasteiger partial charge in [-0.2, -0.15) is 4.98 Å². The Bertz CT molecular complexity index is 1100. The minimum Gasteiger partial charge on any atom is -0.386 e. The summed E-state index contributed by atoms with van der Waals surface area (Å²) in [6.45, 7) is -0.592. The van der Waals surface area contributed by atoms with E-state index >= 15 is 0 Å². The van der Waals surface area contributed by atoms with Crippen LogP contribution in [0, 0.1) is 0 Å². The van der Waals surface area contributed by atoms with Crippen LogP contribution >= 0.6 is 19.4 Å². The molecule has 14 heteroatoms. The maximum atomic E-state index is 13.0. The standard InChI is InChI=1S/C18H22ClN4O8P/c19-11-3-1-2-10(8-11)12-5-7-28-32(27,31-12)29-9-18(21)15(25)14(24)16(30-18)23-6-4-13(20)22-17(23)26/h1-4,6,8,12,14-16,24-25H,5,7,9,21H2,(H2,20,22,26)/t12-,14+,15-,16+,18+,32?/m0/s1. The van der Waals surface area contributed by atoms with E-state index in [1.165, 1.54) is 12.3 Å². The third kappa shape index (κ3) is 4.60. The highest BCUT2D eigenvalue weighted by molar-refractivity contribution is 7.48. The Morgan fingerprint density at radius 1 is 1.38 bits per heavy atom. The van der Waals surface area contributed by atoms with Crippen molar-refractivity contribution in [1.82, 2.24) is 9.55 Å². The van der Waals surface area contributed by atoms with Gasteiger partial charge in [0, 0.05) is 17.6 Å². The van der Waals surface area contributed by atoms with E-state index in [-0.39, 0.29) is 12.4 Å². The molecule has 1 aromatic carbocycles. The number of ether oxygens (including phenoxy) is 1. The van der Waals surface area contributed by atoms with Gasteiger partial charge < -0.3 is 20.7 Å². The van der Waals surface area contributed by atoms with E-state index < -0.39 is 50.4 Å². The number of aliphatic hydroxyl groups excluding tert-OH is 2. The molecule has 1 unspecified atom stereocenters. The van der Waals surface area contributed by atoms with E-state index in [0.29, 0.717) is 17.0 Å². The number of phosphoric acid groups is 1. The summed E-state index contributed by atoms with van der Waals surface area (Å²) < 4.78 is 35.5. The molecule has 0 amide bonds. The second kappa shape index (κ2) is 8.82. The molecule has 2 fully saturated rings. The van der Waals surface area contributed by atoms with Crippen molar-refractivity contribution in [3.63, 3.8) is 0 Å². The molecule has 174 valence electrons. The molecule has 2 aliphatic heterocycles. The molecule has 4 rings (SSSR count). The van der Waals surface area contributed by atoms with Crippen molar-refractivity contribution in [1.29, 1.82) is 0 Å². The van der Waals surface area contributed by atoms with Crippen LogP contribution in [-0.2, 0) is 22.9 Å². The Hall–Kier alpha value is -1.86. The van der Waals surface area contributed by atoms with Gasteiger partial charge in [-0.3, -0.25) is 23.9 Å². The summed E-state index contributed by atoms with van der Waals surface area (Å²) in [6, 6.07) is 8.18. The number of nitrogens with zero attached hydrogens (tertiary/aromatic N) is 2. The summed E-state index contributed by atoms with van der Waals surface area (Å²) in [7, 11) is -4.09. The molecule has 6 atom stereocenters. The van der Waals surface area contributed by atoms with E-state index in [1.54, 1.807) is 24.3 Å². The van der Waals surface area contributed by atoms with Gasteiger partial charge in [-0.1, -0.05) is 23.7 Å². The van der Waals surface area contributed by atoms with Crippen LogP contribution in [0.15, 0.2) is 41.3 Å². The van der Waals surface area contributed by atoms with Gasteiger partial charge in [0.15, 0.2) is 12.0 Å². The average molecular weight is 489 g/mol. The monoisotopic (exact) mass is 488 g/mol. The number of hydrogen-bond acceptors (Lipinski definition) is 11. The van der Waals surface area contributed by atoms with Gasteiger partial charge in [0.1, 0.15) is 24.6 Å². The van der Waals surface area contributed by atoms with Crippen LogP contribution < -0.4 is 17.2 Å². The molecule has 12 nitrogen and oxygen atoms in total. The number of phosphoric ester groups is 1. The van der Waals surface area contributed by atoms with Crippen molar-refractivity contribution in [2.75, 3.05) is 18.9 Å². The number of halogens is 1. The molecule has 0 spiro atoms. The number of anilines is 1. The molecule has 32 heavy (non-hydrogen) atoms. The van der Waals surface area contributed by atoms with Gasteiger partial charge >= 0.3 is 13.5 Å². The SMILES string of the molecule is Nc1ccn([C@@H]2O[C@](N)(COP3(=O)OCC[C@@H](c4cccc(Cl)c4)O3)[C@@H](O)[C@H]2O)c(=O)n1. The van der Waals surface area contributed by atoms with Gasteiger partial charge in [-0.15, -0.1) is 0 Å². The first-order chi connectivity index (χ1) is 15.1. The topological polar surface area (TPSA) is 181 Å². The normalized spacial score (nSPS) is 35.1. The number of aliphatic hydroxyl groups is 2. The first kappa shape index (κ1) is 23.3. The van der Waals surface area contributed by atoms with E-state index in [1.807, 2.05) is 0 Å². The lowest BCUT2D eigenvalue weighted by Crippen LogP contribution is -2.54. The fraction of sp³-hybridized carbons (Fsp3) is 0.444. The maximum Gasteiger partial charge on any atom is 0.475 e. The van der Waals surface area contributed by atoms with Crippen LogP contribution in [0.1, 0.15) is 24.3 Å². The first-order valence-electron chi connectivity index (χ1n) is 9.61. The van der Waals surface area contributed by atoms with Crippen molar-refractivity contribution < 1.29 is 33.1 Å². The van der Waals surface area contributed by atoms with Crippen molar-refractivity contribution in [2.45, 2.75) is 36.7 Å². The molecular formula is C18H22ClN4O8P. The van der Waals surface area contributed by atoms with Crippen LogP contribution in [0.4, 0.5) is 5.82 Å². The first-order valence-corrected chi connectivity index (χ1v) is 11.4. The zero-order valence-corrected chi connectivity index (χ0v) is 18.3. The van der Waals surface area contributed by atoms with Crippen LogP contribution in [-0.4, -0.2) is 50.9 Å². The molecule has 6 N–H and O–H groups in total. The Kier molecular flexibility index (Phi) is 6.43. The van der Waals surface area contributed by atoms with Crippen LogP contribution in [0.2, 0.25) is 5.02 Å². The second-order valence-electron chi connectivity index (χ2n) is 7.43. The minimum absolute atomic E-state index is 0.0272. The molecule has 0 radical (unpaired) electrons. The van der Waals surface area contributed by atoms with Crippen LogP contribution in [0.3, 0.4) is 0 Å². The highest BCUT2D eigenvalue weighted by Crippen LogP contribution is 2.57. The predicted molar refractivity (Wildman–Crippen MR) is 111 cm³/mol. The molecule has 2 aliphatic rings. The van der Waals surface area contributed by atoms with Crippen molar-refractivity contribution in [3.05, 3.63) is 57.6 Å². The highest BCUT2D eigenvalue weighted by atomic mass is 35.5. The van der Waals surface area contributed by atoms with Gasteiger partial charge in [0.25, 0.3) is 0 Å². The second-order valence-corrected chi connectivity index (χ2v) is 9.49. The quantitative estimate of drug-likeness (QED) is 0.434. The molecule has 2 aromatic rings. The van der Waals surface area contributed by atoms with Crippen LogP contribution in [0.5, 0.6) is 0 Å². The lowest BCUT2D eigenvalue weighted by atomic mass is 10.1. The largest absolute Gasteiger partial charge is 0.475 e. The Morgan fingerprint density at radius 2 is 2.16 bits per heavy atom. The third-order valence-corrected chi connectivity index (χ3v) is 6.83. The van der Waals surface area contributed by atoms with E-state index in [0.717, 1.165) is 4.57 Å². The van der Waals surface area contributed by atoms with E-state index in [9.17, 15) is 19.6 Å². The summed E-state index contributed by atoms with van der Waals surface area (Å²) in [4.78, 5) is 15.6. The number of rotatable bonds is 5. The molecule has 0 bridgehead atoms. The third-order valence-electron chi connectivity index (χ3n) is 5.14. The maximum absolute atomic E-state index is 13.0. The van der Waals surface area contributed by atoms with Crippen molar-refractivity contribution in [2.24, 2.45) is 5.73 Å². The Balaban J connectivity index is 1.47. The molecule has 1 aromatic heterocycles. The van der Waals surface area contributed by atoms with Gasteiger partial charge in [-0.25, -0.2) is 9.36 Å². The summed E-state index contributed by atoms with van der Waals surface area (Å²) in [6.07, 6.45) is -3.64. The predicted octanol–water partition coefficient (Wildman–Crippen LogP) is 0.687. The lowest BCUT2D eigenvalue weighted by molar-refractivity contribution is -0.127. The number of aromatic nitrogens is 2. The number of hydrogen-bond donors (Lipinski definition) is 4. The average Bonchev–Trinajstić information content (AvgIpc) is 2.97. The lowest BCUT2D eigenvalue weighted by Gasteiger charge is -2.32. The van der Waals surface area contributed by atoms with Gasteiger partial charge in [-0.05, 0) is 23.8 Å². The fourth-order valence-corrected chi connectivity index (χ4v) is 5.08. The molecule has 0 saturated carbocycles. The Labute approximate surface area is 187 Å². The molecular weight excluding hydrogens is 467 g/mol. The van der Waals surface area contributed by atoms with Crippen LogP contribution in [0.25, 0.3) is 0 Å². The van der Waals surface area contributed by atoms with E-state index in [2.05, 4.69) is 4.98 Å². The number of benzene rings is 1. The van der Waals surface area contributed by atoms with Crippen molar-refractivity contribution in [3.8, 4) is 0 Å². The number of nitrogen functional groups attached to an aromatic ring is 1. The molecule has 2 saturated heterocycles. The zero-order valence-electron chi connectivity index (χ0n) is 16.6. The van der Waals surface area contributed by atoms with Gasteiger partial charge in [0.2, 0.25) is 0 Å². The molecule has 0 aliphatic carbocycles. The number of nitrogens with two attached hydrogens (primary N) is 2. The van der Waals surface area contributed by atoms with Crippen molar-refractivity contribution >= 4 is 25.2 Å². The summed E-state index contributed by atoms with van der Waals surface area (Å²) in [5.41, 5.74) is 9.38.